The van der Waals surface area contributed by atoms with Crippen molar-refractivity contribution in [2.45, 2.75) is 47.1 Å². The molecule has 7 nitrogen and oxygen atoms in total. The first kappa shape index (κ1) is 20.5. The van der Waals surface area contributed by atoms with E-state index in [9.17, 15) is 0 Å². The SMILES string of the molecule is CN=C(NCc1nc(C)c(C)o1)NCC(C)c1c(C)noc1C.I. The van der Waals surface area contributed by atoms with Gasteiger partial charge in [0.1, 0.15) is 11.5 Å². The highest BCUT2D eigenvalue weighted by molar-refractivity contribution is 14.0. The van der Waals surface area contributed by atoms with E-state index in [0.717, 1.165) is 35.0 Å². The Morgan fingerprint density at radius 2 is 1.83 bits per heavy atom. The van der Waals surface area contributed by atoms with E-state index in [4.69, 9.17) is 8.94 Å². The molecule has 0 amide bonds. The smallest absolute Gasteiger partial charge is 0.214 e. The molecule has 134 valence electrons. The first-order chi connectivity index (χ1) is 10.9. The number of halogens is 1. The number of aromatic nitrogens is 2. The summed E-state index contributed by atoms with van der Waals surface area (Å²) in [6.07, 6.45) is 0. The number of guanidine groups is 1. The van der Waals surface area contributed by atoms with Gasteiger partial charge in [-0.3, -0.25) is 4.99 Å². The Kier molecular flexibility index (Phi) is 7.71. The molecule has 0 aliphatic carbocycles. The molecule has 2 aromatic heterocycles. The Morgan fingerprint density at radius 1 is 1.12 bits per heavy atom. The van der Waals surface area contributed by atoms with Gasteiger partial charge in [-0.05, 0) is 27.7 Å². The molecule has 0 saturated carbocycles. The number of nitrogens with one attached hydrogen (secondary N) is 2. The molecule has 1 atom stereocenters. The van der Waals surface area contributed by atoms with Crippen LogP contribution in [-0.2, 0) is 6.54 Å². The van der Waals surface area contributed by atoms with Gasteiger partial charge in [0.05, 0.1) is 17.9 Å². The lowest BCUT2D eigenvalue weighted by atomic mass is 10.00. The predicted octanol–water partition coefficient (Wildman–Crippen LogP) is 2.98. The number of nitrogens with zero attached hydrogens (tertiary/aromatic N) is 3. The minimum atomic E-state index is 0. The highest BCUT2D eigenvalue weighted by atomic mass is 127. The van der Waals surface area contributed by atoms with Gasteiger partial charge in [0.25, 0.3) is 0 Å². The normalized spacial score (nSPS) is 12.7. The van der Waals surface area contributed by atoms with Gasteiger partial charge in [-0.2, -0.15) is 0 Å². The average Bonchev–Trinajstić information content (AvgIpc) is 3.01. The summed E-state index contributed by atoms with van der Waals surface area (Å²) in [4.78, 5) is 8.56. The Hall–Kier alpha value is -1.58. The summed E-state index contributed by atoms with van der Waals surface area (Å²) in [6, 6.07) is 0. The monoisotopic (exact) mass is 447 g/mol. The molecule has 0 saturated heterocycles. The molecular formula is C16H26IN5O2. The molecule has 8 heteroatoms. The van der Waals surface area contributed by atoms with Crippen molar-refractivity contribution in [1.29, 1.82) is 0 Å². The van der Waals surface area contributed by atoms with Crippen molar-refractivity contribution in [3.8, 4) is 0 Å². The zero-order valence-electron chi connectivity index (χ0n) is 15.1. The van der Waals surface area contributed by atoms with Crippen molar-refractivity contribution in [3.05, 3.63) is 34.4 Å². The van der Waals surface area contributed by atoms with Crippen molar-refractivity contribution < 1.29 is 8.94 Å². The number of hydrogen-bond acceptors (Lipinski definition) is 5. The fraction of sp³-hybridized carbons (Fsp3) is 0.562. The van der Waals surface area contributed by atoms with Gasteiger partial charge in [0.2, 0.25) is 5.89 Å². The van der Waals surface area contributed by atoms with E-state index in [0.29, 0.717) is 18.4 Å². The number of aryl methyl sites for hydroxylation is 4. The molecule has 0 aromatic carbocycles. The van der Waals surface area contributed by atoms with E-state index in [1.165, 1.54) is 0 Å². The van der Waals surface area contributed by atoms with Crippen molar-refractivity contribution in [1.82, 2.24) is 20.8 Å². The van der Waals surface area contributed by atoms with Gasteiger partial charge in [-0.25, -0.2) is 4.98 Å². The maximum absolute atomic E-state index is 5.55. The average molecular weight is 447 g/mol. The topological polar surface area (TPSA) is 88.5 Å². The summed E-state index contributed by atoms with van der Waals surface area (Å²) >= 11 is 0. The van der Waals surface area contributed by atoms with E-state index in [1.807, 2.05) is 27.7 Å². The highest BCUT2D eigenvalue weighted by Crippen LogP contribution is 2.22. The van der Waals surface area contributed by atoms with Crippen molar-refractivity contribution in [2.75, 3.05) is 13.6 Å². The predicted molar refractivity (Wildman–Crippen MR) is 104 cm³/mol. The first-order valence-corrected chi connectivity index (χ1v) is 7.72. The summed E-state index contributed by atoms with van der Waals surface area (Å²) in [5.74, 6) is 3.34. The molecule has 0 aliphatic heterocycles. The summed E-state index contributed by atoms with van der Waals surface area (Å²) in [6.45, 7) is 11.1. The number of rotatable bonds is 5. The van der Waals surface area contributed by atoms with Crippen LogP contribution in [0, 0.1) is 27.7 Å². The third kappa shape index (κ3) is 4.96. The summed E-state index contributed by atoms with van der Waals surface area (Å²) in [7, 11) is 1.74. The quantitative estimate of drug-likeness (QED) is 0.416. The Labute approximate surface area is 159 Å². The fourth-order valence-electron chi connectivity index (χ4n) is 2.54. The van der Waals surface area contributed by atoms with Crippen LogP contribution in [0.4, 0.5) is 0 Å². The minimum Gasteiger partial charge on any atom is -0.444 e. The van der Waals surface area contributed by atoms with E-state index >= 15 is 0 Å². The van der Waals surface area contributed by atoms with Crippen LogP contribution in [0.3, 0.4) is 0 Å². The molecule has 0 radical (unpaired) electrons. The van der Waals surface area contributed by atoms with Gasteiger partial charge >= 0.3 is 0 Å². The summed E-state index contributed by atoms with van der Waals surface area (Å²) in [5.41, 5.74) is 2.99. The molecule has 0 spiro atoms. The molecule has 1 unspecified atom stereocenters. The van der Waals surface area contributed by atoms with Crippen LogP contribution >= 0.6 is 24.0 Å². The second kappa shape index (κ2) is 9.05. The molecule has 0 aliphatic rings. The molecule has 2 N–H and O–H groups in total. The van der Waals surface area contributed by atoms with E-state index in [2.05, 4.69) is 32.7 Å². The second-order valence-electron chi connectivity index (χ2n) is 5.69. The van der Waals surface area contributed by atoms with Crippen LogP contribution in [0.1, 0.15) is 47.2 Å². The van der Waals surface area contributed by atoms with Crippen LogP contribution < -0.4 is 10.6 Å². The number of oxazole rings is 1. The first-order valence-electron chi connectivity index (χ1n) is 7.72. The number of hydrogen-bond donors (Lipinski definition) is 2. The largest absolute Gasteiger partial charge is 0.444 e. The lowest BCUT2D eigenvalue weighted by Gasteiger charge is -2.15. The zero-order valence-corrected chi connectivity index (χ0v) is 17.4. The Balaban J connectivity index is 0.00000288. The lowest BCUT2D eigenvalue weighted by Crippen LogP contribution is -2.38. The molecular weight excluding hydrogens is 421 g/mol. The molecule has 2 aromatic rings. The summed E-state index contributed by atoms with van der Waals surface area (Å²) in [5, 5.41) is 10.5. The minimum absolute atomic E-state index is 0. The van der Waals surface area contributed by atoms with Gasteiger partial charge < -0.3 is 19.6 Å². The third-order valence-electron chi connectivity index (χ3n) is 3.86. The molecule has 24 heavy (non-hydrogen) atoms. The Bertz CT molecular complexity index is 654. The zero-order chi connectivity index (χ0) is 17.0. The Morgan fingerprint density at radius 3 is 2.33 bits per heavy atom. The molecule has 2 rings (SSSR count). The van der Waals surface area contributed by atoms with E-state index in [-0.39, 0.29) is 29.9 Å². The van der Waals surface area contributed by atoms with Gasteiger partial charge in [-0.15, -0.1) is 24.0 Å². The maximum Gasteiger partial charge on any atom is 0.214 e. The fourth-order valence-corrected chi connectivity index (χ4v) is 2.54. The van der Waals surface area contributed by atoms with Crippen LogP contribution in [0.2, 0.25) is 0 Å². The number of aliphatic imine (C=N–C) groups is 1. The second-order valence-corrected chi connectivity index (χ2v) is 5.69. The maximum atomic E-state index is 5.55. The third-order valence-corrected chi connectivity index (χ3v) is 3.86. The summed E-state index contributed by atoms with van der Waals surface area (Å²) < 4.78 is 10.8. The van der Waals surface area contributed by atoms with E-state index < -0.39 is 0 Å². The van der Waals surface area contributed by atoms with Crippen LogP contribution in [0.25, 0.3) is 0 Å². The molecule has 2 heterocycles. The van der Waals surface area contributed by atoms with Crippen molar-refractivity contribution in [2.24, 2.45) is 4.99 Å². The highest BCUT2D eigenvalue weighted by Gasteiger charge is 2.16. The van der Waals surface area contributed by atoms with Gasteiger partial charge in [0.15, 0.2) is 5.96 Å². The van der Waals surface area contributed by atoms with Crippen LogP contribution in [0.5, 0.6) is 0 Å². The molecule has 0 fully saturated rings. The van der Waals surface area contributed by atoms with Crippen LogP contribution in [-0.4, -0.2) is 29.7 Å². The van der Waals surface area contributed by atoms with Crippen molar-refractivity contribution in [3.63, 3.8) is 0 Å². The van der Waals surface area contributed by atoms with Crippen molar-refractivity contribution >= 4 is 29.9 Å². The van der Waals surface area contributed by atoms with Crippen LogP contribution in [0.15, 0.2) is 13.9 Å². The lowest BCUT2D eigenvalue weighted by molar-refractivity contribution is 0.391. The molecule has 0 bridgehead atoms. The standard InChI is InChI=1S/C16H25N5O2.HI/c1-9(15-11(3)21-23-13(15)5)7-18-16(17-6)19-8-14-20-10(2)12(4)22-14;/h9H,7-8H2,1-6H3,(H2,17,18,19);1H. The van der Waals surface area contributed by atoms with Gasteiger partial charge in [-0.1, -0.05) is 12.1 Å². The van der Waals surface area contributed by atoms with E-state index in [1.54, 1.807) is 7.05 Å². The van der Waals surface area contributed by atoms with Gasteiger partial charge in [0, 0.05) is 25.1 Å².